The molecule has 0 bridgehead atoms. The molecular formula is C29H33N5O5. The molecule has 0 unspecified atom stereocenters. The summed E-state index contributed by atoms with van der Waals surface area (Å²) >= 11 is 0. The Kier molecular flexibility index (Phi) is 7.83. The lowest BCUT2D eigenvalue weighted by molar-refractivity contribution is -0.152. The van der Waals surface area contributed by atoms with Crippen LogP contribution < -0.4 is 4.74 Å². The van der Waals surface area contributed by atoms with Gasteiger partial charge in [0.05, 0.1) is 0 Å². The van der Waals surface area contributed by atoms with Crippen molar-refractivity contribution in [2.24, 2.45) is 0 Å². The number of piperazine rings is 2. The van der Waals surface area contributed by atoms with Crippen LogP contribution in [0, 0.1) is 0 Å². The van der Waals surface area contributed by atoms with E-state index >= 15 is 0 Å². The lowest BCUT2D eigenvalue weighted by Crippen LogP contribution is -2.52. The number of carbonyl (C=O) groups excluding carboxylic acids is 3. The number of ether oxygens (including phenoxy) is 1. The molecule has 204 valence electrons. The van der Waals surface area contributed by atoms with Crippen LogP contribution >= 0.6 is 0 Å². The third kappa shape index (κ3) is 5.91. The molecule has 3 saturated heterocycles. The van der Waals surface area contributed by atoms with E-state index in [1.807, 2.05) is 67.6 Å². The second-order valence-corrected chi connectivity index (χ2v) is 9.79. The summed E-state index contributed by atoms with van der Waals surface area (Å²) < 4.78 is 5.86. The molecule has 0 spiro atoms. The zero-order chi connectivity index (χ0) is 27.4. The lowest BCUT2D eigenvalue weighted by Gasteiger charge is -2.36. The number of hydrogen-bond donors (Lipinski definition) is 0. The molecule has 3 aliphatic rings. The molecule has 39 heavy (non-hydrogen) atoms. The SMILES string of the molecule is C=C/C=C(\C)N1CCN(C(=O)ON2C(=O)[C@H]3CN(Cc4ccc(Oc5ccccc5)cc4)CCN3C2=O)CC1. The van der Waals surface area contributed by atoms with Crippen LogP contribution in [0.5, 0.6) is 11.5 Å². The fourth-order valence-corrected chi connectivity index (χ4v) is 5.05. The third-order valence-corrected chi connectivity index (χ3v) is 7.24. The number of hydrogen-bond acceptors (Lipinski definition) is 7. The molecule has 10 nitrogen and oxygen atoms in total. The Balaban J connectivity index is 1.13. The summed E-state index contributed by atoms with van der Waals surface area (Å²) in [5, 5.41) is 0.640. The van der Waals surface area contributed by atoms with Crippen LogP contribution in [-0.2, 0) is 16.2 Å². The number of nitrogens with zero attached hydrogens (tertiary/aromatic N) is 5. The minimum absolute atomic E-state index is 0.370. The van der Waals surface area contributed by atoms with Crippen molar-refractivity contribution in [2.75, 3.05) is 45.8 Å². The van der Waals surface area contributed by atoms with Gasteiger partial charge in [-0.15, -0.1) is 0 Å². The highest BCUT2D eigenvalue weighted by Crippen LogP contribution is 2.25. The minimum atomic E-state index is -0.684. The molecule has 3 aliphatic heterocycles. The highest BCUT2D eigenvalue weighted by Gasteiger charge is 2.50. The Morgan fingerprint density at radius 2 is 1.59 bits per heavy atom. The predicted octanol–water partition coefficient (Wildman–Crippen LogP) is 3.69. The van der Waals surface area contributed by atoms with Gasteiger partial charge in [0.2, 0.25) is 0 Å². The van der Waals surface area contributed by atoms with Crippen LogP contribution in [0.4, 0.5) is 9.59 Å². The summed E-state index contributed by atoms with van der Waals surface area (Å²) in [6.45, 7) is 9.84. The number of para-hydroxylation sites is 1. The van der Waals surface area contributed by atoms with E-state index in [0.29, 0.717) is 57.4 Å². The van der Waals surface area contributed by atoms with Gasteiger partial charge in [0.25, 0.3) is 5.91 Å². The van der Waals surface area contributed by atoms with E-state index in [4.69, 9.17) is 9.57 Å². The minimum Gasteiger partial charge on any atom is -0.457 e. The standard InChI is InChI=1S/C29H33N5O5/c1-3-7-22(2)31-15-17-32(18-16-31)29(37)39-34-27(35)26-21-30(14-19-33(26)28(34)36)20-23-10-12-25(13-11-23)38-24-8-5-4-6-9-24/h3-13,26H,1,14-21H2,2H3/b22-7+/t26-/m1/s1. The molecule has 2 aromatic carbocycles. The van der Waals surface area contributed by atoms with Crippen molar-refractivity contribution in [3.05, 3.63) is 84.6 Å². The van der Waals surface area contributed by atoms with E-state index in [9.17, 15) is 14.4 Å². The first-order valence-corrected chi connectivity index (χ1v) is 13.1. The van der Waals surface area contributed by atoms with Gasteiger partial charge in [-0.3, -0.25) is 9.69 Å². The molecule has 0 saturated carbocycles. The van der Waals surface area contributed by atoms with Gasteiger partial charge in [0.1, 0.15) is 17.5 Å². The van der Waals surface area contributed by atoms with Crippen LogP contribution in [0.1, 0.15) is 12.5 Å². The van der Waals surface area contributed by atoms with Gasteiger partial charge in [-0.1, -0.05) is 48.1 Å². The average molecular weight is 532 g/mol. The monoisotopic (exact) mass is 531 g/mol. The first-order chi connectivity index (χ1) is 18.9. The fourth-order valence-electron chi connectivity index (χ4n) is 5.05. The molecule has 1 atom stereocenters. The van der Waals surface area contributed by atoms with Gasteiger partial charge in [-0.05, 0) is 42.8 Å². The van der Waals surface area contributed by atoms with E-state index in [1.54, 1.807) is 6.08 Å². The van der Waals surface area contributed by atoms with Crippen molar-refractivity contribution < 1.29 is 24.0 Å². The summed E-state index contributed by atoms with van der Waals surface area (Å²) in [7, 11) is 0. The smallest absolute Gasteiger partial charge is 0.434 e. The van der Waals surface area contributed by atoms with Crippen LogP contribution in [0.25, 0.3) is 0 Å². The van der Waals surface area contributed by atoms with Gasteiger partial charge in [-0.2, -0.15) is 0 Å². The fraction of sp³-hybridized carbons (Fsp3) is 0.345. The quantitative estimate of drug-likeness (QED) is 0.398. The Morgan fingerprint density at radius 1 is 0.923 bits per heavy atom. The molecule has 3 fully saturated rings. The molecule has 0 aromatic heterocycles. The zero-order valence-corrected chi connectivity index (χ0v) is 22.1. The van der Waals surface area contributed by atoms with Crippen molar-refractivity contribution in [3.63, 3.8) is 0 Å². The topological polar surface area (TPSA) is 85.9 Å². The number of fused-ring (bicyclic) bond motifs is 1. The van der Waals surface area contributed by atoms with Crippen molar-refractivity contribution in [2.45, 2.75) is 19.5 Å². The van der Waals surface area contributed by atoms with Crippen LogP contribution in [0.15, 0.2) is 79.0 Å². The van der Waals surface area contributed by atoms with Crippen LogP contribution in [-0.4, -0.2) is 94.5 Å². The van der Waals surface area contributed by atoms with E-state index in [2.05, 4.69) is 16.4 Å². The first-order valence-electron chi connectivity index (χ1n) is 13.1. The van der Waals surface area contributed by atoms with Gasteiger partial charge in [0.15, 0.2) is 0 Å². The zero-order valence-electron chi connectivity index (χ0n) is 22.1. The summed E-state index contributed by atoms with van der Waals surface area (Å²) in [6, 6.07) is 16.2. The highest BCUT2D eigenvalue weighted by molar-refractivity contribution is 6.04. The van der Waals surface area contributed by atoms with Gasteiger partial charge in [0, 0.05) is 58.1 Å². The van der Waals surface area contributed by atoms with E-state index in [-0.39, 0.29) is 0 Å². The van der Waals surface area contributed by atoms with Crippen molar-refractivity contribution in [3.8, 4) is 11.5 Å². The van der Waals surface area contributed by atoms with Gasteiger partial charge >= 0.3 is 12.1 Å². The van der Waals surface area contributed by atoms with Crippen LogP contribution in [0.3, 0.4) is 0 Å². The normalized spacial score (nSPS) is 20.2. The Hall–Kier alpha value is -4.31. The summed E-state index contributed by atoms with van der Waals surface area (Å²) in [6.07, 6.45) is 2.97. The molecule has 0 N–H and O–H groups in total. The maximum absolute atomic E-state index is 13.1. The Labute approximate surface area is 228 Å². The summed E-state index contributed by atoms with van der Waals surface area (Å²) in [4.78, 5) is 51.4. The van der Waals surface area contributed by atoms with Crippen molar-refractivity contribution in [1.29, 1.82) is 0 Å². The van der Waals surface area contributed by atoms with E-state index in [0.717, 1.165) is 22.8 Å². The molecular weight excluding hydrogens is 498 g/mol. The Bertz CT molecular complexity index is 1240. The highest BCUT2D eigenvalue weighted by atomic mass is 16.7. The number of carbonyl (C=O) groups is 3. The van der Waals surface area contributed by atoms with Crippen LogP contribution in [0.2, 0.25) is 0 Å². The number of hydroxylamine groups is 2. The van der Waals surface area contributed by atoms with Gasteiger partial charge < -0.3 is 24.3 Å². The molecule has 5 rings (SSSR count). The molecule has 2 aromatic rings. The number of rotatable bonds is 7. The first kappa shape index (κ1) is 26.3. The number of amides is 4. The van der Waals surface area contributed by atoms with Gasteiger partial charge in [-0.25, -0.2) is 9.59 Å². The summed E-state index contributed by atoms with van der Waals surface area (Å²) in [5.74, 6) is 1.01. The summed E-state index contributed by atoms with van der Waals surface area (Å²) in [5.41, 5.74) is 2.14. The number of imide groups is 1. The molecule has 4 amide bonds. The molecule has 10 heteroatoms. The van der Waals surface area contributed by atoms with E-state index < -0.39 is 24.1 Å². The molecule has 3 heterocycles. The van der Waals surface area contributed by atoms with Crippen molar-refractivity contribution >= 4 is 18.0 Å². The maximum Gasteiger partial charge on any atom is 0.434 e. The average Bonchev–Trinajstić information content (AvgIpc) is 3.19. The largest absolute Gasteiger partial charge is 0.457 e. The number of allylic oxidation sites excluding steroid dienone is 3. The lowest BCUT2D eigenvalue weighted by atomic mass is 10.1. The number of urea groups is 1. The second kappa shape index (κ2) is 11.6. The molecule has 0 aliphatic carbocycles. The number of benzene rings is 2. The maximum atomic E-state index is 13.1. The van der Waals surface area contributed by atoms with E-state index in [1.165, 1.54) is 9.80 Å². The van der Waals surface area contributed by atoms with Crippen molar-refractivity contribution in [1.82, 2.24) is 24.7 Å². The molecule has 0 radical (unpaired) electrons. The second-order valence-electron chi connectivity index (χ2n) is 9.79. The third-order valence-electron chi connectivity index (χ3n) is 7.24. The predicted molar refractivity (Wildman–Crippen MR) is 145 cm³/mol. The Morgan fingerprint density at radius 3 is 2.28 bits per heavy atom.